The average molecular weight is 421 g/mol. The van der Waals surface area contributed by atoms with Crippen molar-refractivity contribution in [3.8, 4) is 5.88 Å². The minimum atomic E-state index is -0.0650. The lowest BCUT2D eigenvalue weighted by molar-refractivity contribution is -0.133. The highest BCUT2D eigenvalue weighted by atomic mass is 16.5. The monoisotopic (exact) mass is 420 g/mol. The SMILES string of the molecule is COc1nn(C)cc1C(=O)N1CCN(CCNC(=O)C2CCN(C(C)=O)CC2)CC1. The molecule has 166 valence electrons. The van der Waals surface area contributed by atoms with Gasteiger partial charge in [-0.25, -0.2) is 0 Å². The average Bonchev–Trinajstić information content (AvgIpc) is 3.14. The Morgan fingerprint density at radius 2 is 1.77 bits per heavy atom. The number of carbonyl (C=O) groups is 3. The largest absolute Gasteiger partial charge is 0.479 e. The number of carbonyl (C=O) groups excluding carboxylic acids is 3. The van der Waals surface area contributed by atoms with Gasteiger partial charge in [0.2, 0.25) is 17.7 Å². The summed E-state index contributed by atoms with van der Waals surface area (Å²) in [5.74, 6) is 0.431. The Morgan fingerprint density at radius 3 is 2.37 bits per heavy atom. The molecule has 0 unspecified atom stereocenters. The van der Waals surface area contributed by atoms with Gasteiger partial charge in [0.25, 0.3) is 5.91 Å². The Kier molecular flexibility index (Phi) is 7.30. The van der Waals surface area contributed by atoms with Gasteiger partial charge in [0.1, 0.15) is 5.56 Å². The number of aryl methyl sites for hydroxylation is 1. The number of hydrogen-bond acceptors (Lipinski definition) is 6. The molecule has 0 radical (unpaired) electrons. The van der Waals surface area contributed by atoms with Crippen LogP contribution in [0.25, 0.3) is 0 Å². The lowest BCUT2D eigenvalue weighted by Gasteiger charge is -2.35. The van der Waals surface area contributed by atoms with Crippen LogP contribution in [0.1, 0.15) is 30.1 Å². The van der Waals surface area contributed by atoms with Crippen LogP contribution in [0.4, 0.5) is 0 Å². The van der Waals surface area contributed by atoms with Gasteiger partial charge in [-0.3, -0.25) is 24.0 Å². The highest BCUT2D eigenvalue weighted by Gasteiger charge is 2.27. The fourth-order valence-corrected chi connectivity index (χ4v) is 4.05. The second kappa shape index (κ2) is 9.92. The molecule has 10 heteroatoms. The number of rotatable bonds is 6. The lowest BCUT2D eigenvalue weighted by atomic mass is 9.96. The molecular formula is C20H32N6O4. The second-order valence-electron chi connectivity index (χ2n) is 7.93. The van der Waals surface area contributed by atoms with Crippen molar-refractivity contribution in [3.05, 3.63) is 11.8 Å². The van der Waals surface area contributed by atoms with Gasteiger partial charge in [-0.2, -0.15) is 0 Å². The van der Waals surface area contributed by atoms with Crippen LogP contribution in [0, 0.1) is 5.92 Å². The van der Waals surface area contributed by atoms with Crippen molar-refractivity contribution in [2.45, 2.75) is 19.8 Å². The van der Waals surface area contributed by atoms with E-state index in [1.54, 1.807) is 29.7 Å². The molecule has 2 aliphatic rings. The lowest BCUT2D eigenvalue weighted by Crippen LogP contribution is -2.50. The zero-order chi connectivity index (χ0) is 21.7. The third-order valence-corrected chi connectivity index (χ3v) is 5.92. The molecule has 0 spiro atoms. The number of nitrogens with zero attached hydrogens (tertiary/aromatic N) is 5. The van der Waals surface area contributed by atoms with Crippen molar-refractivity contribution in [1.29, 1.82) is 0 Å². The van der Waals surface area contributed by atoms with Crippen molar-refractivity contribution in [2.75, 3.05) is 59.5 Å². The summed E-state index contributed by atoms with van der Waals surface area (Å²) < 4.78 is 6.77. The Bertz CT molecular complexity index is 763. The normalized spacial score (nSPS) is 18.4. The number of nitrogens with one attached hydrogen (secondary N) is 1. The van der Waals surface area contributed by atoms with Crippen LogP contribution in [0.3, 0.4) is 0 Å². The van der Waals surface area contributed by atoms with E-state index in [-0.39, 0.29) is 23.6 Å². The summed E-state index contributed by atoms with van der Waals surface area (Å²) in [4.78, 5) is 42.4. The van der Waals surface area contributed by atoms with Gasteiger partial charge in [0, 0.05) is 78.4 Å². The molecule has 3 rings (SSSR count). The number of amides is 3. The quantitative estimate of drug-likeness (QED) is 0.670. The first-order valence-corrected chi connectivity index (χ1v) is 10.5. The van der Waals surface area contributed by atoms with Crippen molar-refractivity contribution in [1.82, 2.24) is 29.8 Å². The summed E-state index contributed by atoms with van der Waals surface area (Å²) in [6, 6.07) is 0. The highest BCUT2D eigenvalue weighted by molar-refractivity contribution is 5.96. The van der Waals surface area contributed by atoms with Gasteiger partial charge in [-0.15, -0.1) is 5.10 Å². The van der Waals surface area contributed by atoms with E-state index < -0.39 is 0 Å². The minimum absolute atomic E-state index is 0.00969. The van der Waals surface area contributed by atoms with E-state index in [1.807, 2.05) is 4.90 Å². The Hall–Kier alpha value is -2.62. The number of methoxy groups -OCH3 is 1. The molecule has 2 aliphatic heterocycles. The molecule has 3 heterocycles. The number of hydrogen-bond donors (Lipinski definition) is 1. The smallest absolute Gasteiger partial charge is 0.261 e. The summed E-state index contributed by atoms with van der Waals surface area (Å²) in [6.07, 6.45) is 3.14. The zero-order valence-corrected chi connectivity index (χ0v) is 18.1. The maximum atomic E-state index is 12.7. The predicted molar refractivity (Wildman–Crippen MR) is 110 cm³/mol. The Labute approximate surface area is 177 Å². The van der Waals surface area contributed by atoms with E-state index in [2.05, 4.69) is 15.3 Å². The van der Waals surface area contributed by atoms with Crippen LogP contribution >= 0.6 is 0 Å². The molecule has 30 heavy (non-hydrogen) atoms. The van der Waals surface area contributed by atoms with Gasteiger partial charge >= 0.3 is 0 Å². The fraction of sp³-hybridized carbons (Fsp3) is 0.700. The van der Waals surface area contributed by atoms with Crippen LogP contribution in [0.15, 0.2) is 6.20 Å². The predicted octanol–water partition coefficient (Wildman–Crippen LogP) is -0.439. The van der Waals surface area contributed by atoms with Gasteiger partial charge in [-0.05, 0) is 12.8 Å². The van der Waals surface area contributed by atoms with E-state index in [1.165, 1.54) is 7.11 Å². The maximum Gasteiger partial charge on any atom is 0.261 e. The van der Waals surface area contributed by atoms with Crippen LogP contribution in [-0.4, -0.2) is 102 Å². The minimum Gasteiger partial charge on any atom is -0.479 e. The highest BCUT2D eigenvalue weighted by Crippen LogP contribution is 2.19. The van der Waals surface area contributed by atoms with Crippen molar-refractivity contribution in [3.63, 3.8) is 0 Å². The molecule has 2 saturated heterocycles. The van der Waals surface area contributed by atoms with Gasteiger partial charge in [0.15, 0.2) is 0 Å². The molecular weight excluding hydrogens is 388 g/mol. The summed E-state index contributed by atoms with van der Waals surface area (Å²) in [5.41, 5.74) is 0.483. The molecule has 10 nitrogen and oxygen atoms in total. The fourth-order valence-electron chi connectivity index (χ4n) is 4.05. The van der Waals surface area contributed by atoms with E-state index in [9.17, 15) is 14.4 Å². The maximum absolute atomic E-state index is 12.7. The summed E-state index contributed by atoms with van der Waals surface area (Å²) >= 11 is 0. The number of piperidine rings is 1. The molecule has 0 atom stereocenters. The molecule has 0 aliphatic carbocycles. The molecule has 1 N–H and O–H groups in total. The molecule has 1 aromatic heterocycles. The van der Waals surface area contributed by atoms with E-state index >= 15 is 0 Å². The van der Waals surface area contributed by atoms with Crippen LogP contribution < -0.4 is 10.1 Å². The standard InChI is InChI=1S/C20H32N6O4/c1-15(27)25-7-4-16(5-8-25)18(28)21-6-9-24-10-12-26(13-11-24)20(29)17-14-23(2)22-19(17)30-3/h14,16H,4-13H2,1-3H3,(H,21,28). The molecule has 1 aromatic rings. The summed E-state index contributed by atoms with van der Waals surface area (Å²) in [7, 11) is 3.27. The van der Waals surface area contributed by atoms with Gasteiger partial charge in [-0.1, -0.05) is 0 Å². The molecule has 0 aromatic carbocycles. The third kappa shape index (κ3) is 5.29. The molecule has 0 saturated carbocycles. The third-order valence-electron chi connectivity index (χ3n) is 5.92. The van der Waals surface area contributed by atoms with Gasteiger partial charge in [0.05, 0.1) is 7.11 Å². The topological polar surface area (TPSA) is 100 Å². The van der Waals surface area contributed by atoms with Gasteiger partial charge < -0.3 is 19.9 Å². The van der Waals surface area contributed by atoms with Crippen LogP contribution in [-0.2, 0) is 16.6 Å². The van der Waals surface area contributed by atoms with E-state index in [4.69, 9.17) is 4.74 Å². The molecule has 3 amide bonds. The second-order valence-corrected chi connectivity index (χ2v) is 7.93. The first-order valence-electron chi connectivity index (χ1n) is 10.5. The van der Waals surface area contributed by atoms with Crippen molar-refractivity contribution < 1.29 is 19.1 Å². The zero-order valence-electron chi connectivity index (χ0n) is 18.1. The van der Waals surface area contributed by atoms with Crippen LogP contribution in [0.2, 0.25) is 0 Å². The molecule has 2 fully saturated rings. The number of likely N-dealkylation sites (tertiary alicyclic amines) is 1. The first-order chi connectivity index (χ1) is 14.4. The van der Waals surface area contributed by atoms with Crippen LogP contribution in [0.5, 0.6) is 5.88 Å². The van der Waals surface area contributed by atoms with Crippen molar-refractivity contribution >= 4 is 17.7 Å². The molecule has 0 bridgehead atoms. The summed E-state index contributed by atoms with van der Waals surface area (Å²) in [6.45, 7) is 7.04. The van der Waals surface area contributed by atoms with E-state index in [0.717, 1.165) is 32.5 Å². The number of piperazine rings is 1. The Balaban J connectivity index is 1.36. The first kappa shape index (κ1) is 22.1. The van der Waals surface area contributed by atoms with E-state index in [0.29, 0.717) is 44.2 Å². The number of ether oxygens (including phenoxy) is 1. The Morgan fingerprint density at radius 1 is 1.10 bits per heavy atom. The van der Waals surface area contributed by atoms with Crippen molar-refractivity contribution in [2.24, 2.45) is 13.0 Å². The number of aromatic nitrogens is 2. The summed E-state index contributed by atoms with van der Waals surface area (Å²) in [5, 5.41) is 7.17.